The molecule has 0 heterocycles. The number of rotatable bonds is 16. The minimum atomic E-state index is -1.18. The highest BCUT2D eigenvalue weighted by atomic mass is 16.4. The molecule has 0 aliphatic heterocycles. The summed E-state index contributed by atoms with van der Waals surface area (Å²) in [7, 11) is 0. The molecule has 2 rings (SSSR count). The summed E-state index contributed by atoms with van der Waals surface area (Å²) in [5.41, 5.74) is 12.9. The van der Waals surface area contributed by atoms with Crippen molar-refractivity contribution in [1.29, 1.82) is 0 Å². The van der Waals surface area contributed by atoms with Crippen LogP contribution in [0.2, 0.25) is 0 Å². The molecule has 0 saturated carbocycles. The van der Waals surface area contributed by atoms with Crippen LogP contribution in [0, 0.1) is 5.92 Å². The Labute approximate surface area is 250 Å². The van der Waals surface area contributed by atoms with E-state index >= 15 is 0 Å². The average molecular weight is 597 g/mol. The fourth-order valence-corrected chi connectivity index (χ4v) is 4.13. The topological polar surface area (TPSA) is 223 Å². The van der Waals surface area contributed by atoms with Crippen LogP contribution in [0.5, 0.6) is 0 Å². The van der Waals surface area contributed by atoms with Crippen molar-refractivity contribution in [3.8, 4) is 0 Å². The maximum Gasteiger partial charge on any atom is 0.326 e. The van der Waals surface area contributed by atoms with E-state index in [9.17, 15) is 33.9 Å². The van der Waals surface area contributed by atoms with Crippen molar-refractivity contribution in [3.63, 3.8) is 0 Å². The van der Waals surface area contributed by atoms with Crippen LogP contribution < -0.4 is 32.7 Å². The van der Waals surface area contributed by atoms with Gasteiger partial charge in [-0.1, -0.05) is 56.3 Å². The minimum absolute atomic E-state index is 0.00522. The van der Waals surface area contributed by atoms with Crippen molar-refractivity contribution in [2.24, 2.45) is 17.4 Å². The number of aliphatic carboxylic acids is 1. The standard InChI is InChI=1S/C30H40N6O7/c1-17(2)13-24(30(42)43)36-29(41)23(15-19-7-5-4-6-8-19)35-25(37)16-33-27(39)18(3)34-28(40)22(31)14-20-9-11-21(12-10-20)26(32)38/h4-12,17-18,22-24H,13-16,31H2,1-3H3,(H2,32,38)(H,33,39)(H,34,40)(H,35,37)(H,36,41)(H,42,43)/t18-,22-,23-,24-/m0/s1. The van der Waals surface area contributed by atoms with Crippen molar-refractivity contribution < 1.29 is 33.9 Å². The van der Waals surface area contributed by atoms with Crippen molar-refractivity contribution in [2.45, 2.75) is 64.2 Å². The van der Waals surface area contributed by atoms with E-state index in [1.807, 2.05) is 13.8 Å². The van der Waals surface area contributed by atoms with E-state index in [-0.39, 0.29) is 25.2 Å². The van der Waals surface area contributed by atoms with E-state index in [4.69, 9.17) is 11.5 Å². The van der Waals surface area contributed by atoms with E-state index in [2.05, 4.69) is 21.3 Å². The van der Waals surface area contributed by atoms with Gasteiger partial charge in [0.2, 0.25) is 29.5 Å². The molecule has 0 aromatic heterocycles. The van der Waals surface area contributed by atoms with Crippen molar-refractivity contribution in [1.82, 2.24) is 21.3 Å². The Bertz CT molecular complexity index is 1280. The van der Waals surface area contributed by atoms with Crippen molar-refractivity contribution in [2.75, 3.05) is 6.54 Å². The molecule has 0 aliphatic rings. The molecule has 13 heteroatoms. The monoisotopic (exact) mass is 596 g/mol. The summed E-state index contributed by atoms with van der Waals surface area (Å²) in [6.07, 6.45) is 0.445. The Morgan fingerprint density at radius 1 is 0.744 bits per heavy atom. The molecular weight excluding hydrogens is 556 g/mol. The Morgan fingerprint density at radius 3 is 1.91 bits per heavy atom. The van der Waals surface area contributed by atoms with Gasteiger partial charge in [0.05, 0.1) is 12.6 Å². The predicted molar refractivity (Wildman–Crippen MR) is 158 cm³/mol. The molecule has 43 heavy (non-hydrogen) atoms. The average Bonchev–Trinajstić information content (AvgIpc) is 2.95. The van der Waals surface area contributed by atoms with Gasteiger partial charge in [-0.3, -0.25) is 24.0 Å². The van der Waals surface area contributed by atoms with Crippen molar-refractivity contribution >= 4 is 35.5 Å². The second kappa shape index (κ2) is 16.6. The number of carbonyl (C=O) groups excluding carboxylic acids is 5. The highest BCUT2D eigenvalue weighted by Gasteiger charge is 2.28. The SMILES string of the molecule is CC(C)C[C@H](NC(=O)[C@H](Cc1ccccc1)NC(=O)CNC(=O)[C@H](C)NC(=O)[C@@H](N)Cc1ccc(C(N)=O)cc1)C(=O)O. The number of primary amides is 1. The molecule has 232 valence electrons. The lowest BCUT2D eigenvalue weighted by Gasteiger charge is -2.23. The van der Waals surface area contributed by atoms with Gasteiger partial charge in [-0.05, 0) is 48.9 Å². The third kappa shape index (κ3) is 11.9. The minimum Gasteiger partial charge on any atom is -0.480 e. The predicted octanol–water partition coefficient (Wildman–Crippen LogP) is -0.381. The second-order valence-electron chi connectivity index (χ2n) is 10.7. The summed E-state index contributed by atoms with van der Waals surface area (Å²) in [4.78, 5) is 73.7. The highest BCUT2D eigenvalue weighted by Crippen LogP contribution is 2.09. The molecule has 5 amide bonds. The molecular formula is C30H40N6O7. The number of nitrogens with one attached hydrogen (secondary N) is 4. The van der Waals surface area contributed by atoms with Gasteiger partial charge in [-0.2, -0.15) is 0 Å². The van der Waals surface area contributed by atoms with E-state index in [1.165, 1.54) is 19.1 Å². The van der Waals surface area contributed by atoms with Gasteiger partial charge >= 0.3 is 5.97 Å². The maximum atomic E-state index is 13.0. The number of benzene rings is 2. The van der Waals surface area contributed by atoms with Crippen molar-refractivity contribution in [3.05, 3.63) is 71.3 Å². The Kier molecular flexibility index (Phi) is 13.3. The van der Waals surface area contributed by atoms with Gasteiger partial charge in [0.1, 0.15) is 18.1 Å². The van der Waals surface area contributed by atoms with Gasteiger partial charge in [0.15, 0.2) is 0 Å². The van der Waals surface area contributed by atoms with E-state index in [0.717, 1.165) is 5.56 Å². The summed E-state index contributed by atoms with van der Waals surface area (Å²) < 4.78 is 0. The van der Waals surface area contributed by atoms with Crippen LogP contribution in [0.15, 0.2) is 54.6 Å². The highest BCUT2D eigenvalue weighted by molar-refractivity contribution is 5.94. The van der Waals surface area contributed by atoms with Gasteiger partial charge in [-0.15, -0.1) is 0 Å². The number of amides is 5. The third-order valence-electron chi connectivity index (χ3n) is 6.46. The first-order valence-corrected chi connectivity index (χ1v) is 13.9. The lowest BCUT2D eigenvalue weighted by molar-refractivity contribution is -0.142. The lowest BCUT2D eigenvalue weighted by Crippen LogP contribution is -2.55. The van der Waals surface area contributed by atoms with Crippen LogP contribution in [0.25, 0.3) is 0 Å². The molecule has 0 unspecified atom stereocenters. The lowest BCUT2D eigenvalue weighted by atomic mass is 10.0. The summed E-state index contributed by atoms with van der Waals surface area (Å²) >= 11 is 0. The number of carbonyl (C=O) groups is 6. The molecule has 0 aliphatic carbocycles. The quantitative estimate of drug-likeness (QED) is 0.135. The fourth-order valence-electron chi connectivity index (χ4n) is 4.13. The first-order valence-electron chi connectivity index (χ1n) is 13.9. The molecule has 4 atom stereocenters. The summed E-state index contributed by atoms with van der Waals surface area (Å²) in [6.45, 7) is 4.59. The zero-order valence-corrected chi connectivity index (χ0v) is 24.5. The molecule has 9 N–H and O–H groups in total. The fraction of sp³-hybridized carbons (Fsp3) is 0.400. The summed E-state index contributed by atoms with van der Waals surface area (Å²) in [5, 5.41) is 19.5. The molecule has 0 fully saturated rings. The molecule has 0 spiro atoms. The molecule has 2 aromatic rings. The number of hydrogen-bond acceptors (Lipinski definition) is 7. The second-order valence-corrected chi connectivity index (χ2v) is 10.7. The van der Waals surface area contributed by atoms with Gasteiger partial charge in [-0.25, -0.2) is 4.79 Å². The maximum absolute atomic E-state index is 13.0. The van der Waals surface area contributed by atoms with Crippen LogP contribution in [0.1, 0.15) is 48.7 Å². The van der Waals surface area contributed by atoms with Gasteiger partial charge < -0.3 is 37.8 Å². The summed E-state index contributed by atoms with van der Waals surface area (Å²) in [5.74, 6) is -4.37. The zero-order chi connectivity index (χ0) is 32.1. The van der Waals surface area contributed by atoms with Gasteiger partial charge in [0, 0.05) is 12.0 Å². The van der Waals surface area contributed by atoms with E-state index in [0.29, 0.717) is 11.1 Å². The van der Waals surface area contributed by atoms with Crippen LogP contribution in [-0.4, -0.2) is 71.3 Å². The number of carboxylic acid groups (broad SMARTS) is 1. The Hall–Kier alpha value is -4.78. The first-order chi connectivity index (χ1) is 20.3. The first kappa shape index (κ1) is 34.4. The Morgan fingerprint density at radius 2 is 1.35 bits per heavy atom. The molecule has 0 saturated heterocycles. The van der Waals surface area contributed by atoms with Crippen LogP contribution in [0.3, 0.4) is 0 Å². The largest absolute Gasteiger partial charge is 0.480 e. The number of hydrogen-bond donors (Lipinski definition) is 7. The molecule has 2 aromatic carbocycles. The molecule has 13 nitrogen and oxygen atoms in total. The smallest absolute Gasteiger partial charge is 0.326 e. The molecule has 0 radical (unpaired) electrons. The third-order valence-corrected chi connectivity index (χ3v) is 6.46. The van der Waals surface area contributed by atoms with Crippen LogP contribution in [0.4, 0.5) is 0 Å². The Balaban J connectivity index is 1.94. The summed E-state index contributed by atoms with van der Waals surface area (Å²) in [6, 6.07) is 10.9. The molecule has 0 bridgehead atoms. The zero-order valence-electron chi connectivity index (χ0n) is 24.5. The van der Waals surface area contributed by atoms with E-state index in [1.54, 1.807) is 42.5 Å². The van der Waals surface area contributed by atoms with E-state index < -0.39 is 66.2 Å². The number of nitrogens with two attached hydrogens (primary N) is 2. The van der Waals surface area contributed by atoms with Gasteiger partial charge in [0.25, 0.3) is 0 Å². The van der Waals surface area contributed by atoms with Crippen LogP contribution in [-0.2, 0) is 36.8 Å². The normalized spacial score (nSPS) is 13.6. The van der Waals surface area contributed by atoms with Crippen LogP contribution >= 0.6 is 0 Å². The number of carboxylic acids is 1.